The Bertz CT molecular complexity index is 643. The summed E-state index contributed by atoms with van der Waals surface area (Å²) in [7, 11) is 0. The smallest absolute Gasteiger partial charge is 0.255 e. The second kappa shape index (κ2) is 5.72. The van der Waals surface area contributed by atoms with Crippen molar-refractivity contribution in [1.29, 1.82) is 0 Å². The zero-order valence-corrected chi connectivity index (χ0v) is 12.8. The predicted octanol–water partition coefficient (Wildman–Crippen LogP) is 4.37. The molecule has 0 aliphatic heterocycles. The van der Waals surface area contributed by atoms with E-state index in [1.54, 1.807) is 24.4 Å². The number of rotatable bonds is 2. The summed E-state index contributed by atoms with van der Waals surface area (Å²) >= 11 is 9.19. The molecule has 0 radical (unpaired) electrons. The van der Waals surface area contributed by atoms with Gasteiger partial charge in [0.1, 0.15) is 4.60 Å². The highest BCUT2D eigenvalue weighted by Crippen LogP contribution is 2.19. The zero-order valence-electron chi connectivity index (χ0n) is 10.5. The number of nitrogens with zero attached hydrogens (tertiary/aromatic N) is 1. The summed E-state index contributed by atoms with van der Waals surface area (Å²) in [4.78, 5) is 16.3. The topological polar surface area (TPSA) is 42.0 Å². The molecule has 0 atom stereocenters. The molecule has 98 valence electrons. The molecule has 1 N–H and O–H groups in total. The number of hydrogen-bond acceptors (Lipinski definition) is 2. The molecule has 19 heavy (non-hydrogen) atoms. The number of nitrogens with one attached hydrogen (secondary N) is 1. The first-order valence-corrected chi connectivity index (χ1v) is 6.84. The molecule has 0 aliphatic carbocycles. The van der Waals surface area contributed by atoms with Crippen LogP contribution in [-0.2, 0) is 0 Å². The van der Waals surface area contributed by atoms with E-state index in [4.69, 9.17) is 11.6 Å². The van der Waals surface area contributed by atoms with Crippen molar-refractivity contribution >= 4 is 39.1 Å². The minimum atomic E-state index is -0.169. The largest absolute Gasteiger partial charge is 0.321 e. The van der Waals surface area contributed by atoms with Crippen LogP contribution in [0.15, 0.2) is 35.1 Å². The number of aryl methyl sites for hydroxylation is 2. The van der Waals surface area contributed by atoms with E-state index < -0.39 is 0 Å². The molecule has 1 aromatic carbocycles. The fourth-order valence-corrected chi connectivity index (χ4v) is 2.15. The van der Waals surface area contributed by atoms with Gasteiger partial charge in [-0.25, -0.2) is 4.98 Å². The molecule has 0 saturated carbocycles. The first kappa shape index (κ1) is 14.0. The summed E-state index contributed by atoms with van der Waals surface area (Å²) in [5, 5.41) is 3.44. The van der Waals surface area contributed by atoms with Crippen molar-refractivity contribution in [3.05, 3.63) is 56.8 Å². The number of anilines is 1. The van der Waals surface area contributed by atoms with Gasteiger partial charge in [-0.15, -0.1) is 0 Å². The first-order valence-electron chi connectivity index (χ1n) is 5.67. The fraction of sp³-hybridized carbons (Fsp3) is 0.143. The highest BCUT2D eigenvalue weighted by molar-refractivity contribution is 9.10. The normalized spacial score (nSPS) is 10.3. The lowest BCUT2D eigenvalue weighted by Gasteiger charge is -2.08. The van der Waals surface area contributed by atoms with Crippen molar-refractivity contribution in [2.45, 2.75) is 13.8 Å². The highest BCUT2D eigenvalue weighted by atomic mass is 79.9. The molecule has 3 nitrogen and oxygen atoms in total. The molecule has 0 bridgehead atoms. The van der Waals surface area contributed by atoms with E-state index in [2.05, 4.69) is 26.2 Å². The summed E-state index contributed by atoms with van der Waals surface area (Å²) in [5.41, 5.74) is 3.07. The maximum atomic E-state index is 12.1. The fourth-order valence-electron chi connectivity index (χ4n) is 1.71. The number of benzene rings is 1. The van der Waals surface area contributed by atoms with Crippen molar-refractivity contribution in [2.24, 2.45) is 0 Å². The zero-order chi connectivity index (χ0) is 14.0. The van der Waals surface area contributed by atoms with Crippen LogP contribution in [0.25, 0.3) is 0 Å². The Labute approximate surface area is 125 Å². The highest BCUT2D eigenvalue weighted by Gasteiger charge is 2.10. The molecular formula is C14H12BrClN2O. The Morgan fingerprint density at radius 3 is 2.63 bits per heavy atom. The Hall–Kier alpha value is -1.39. The Balaban J connectivity index is 2.23. The van der Waals surface area contributed by atoms with E-state index in [0.29, 0.717) is 16.3 Å². The van der Waals surface area contributed by atoms with Gasteiger partial charge in [-0.3, -0.25) is 4.79 Å². The van der Waals surface area contributed by atoms with Crippen LogP contribution in [0.2, 0.25) is 5.02 Å². The summed E-state index contributed by atoms with van der Waals surface area (Å²) in [5.74, 6) is -0.169. The Kier molecular flexibility index (Phi) is 4.22. The third kappa shape index (κ3) is 3.33. The first-order chi connectivity index (χ1) is 8.97. The Morgan fingerprint density at radius 1 is 1.26 bits per heavy atom. The number of amides is 1. The van der Waals surface area contributed by atoms with Crippen LogP contribution < -0.4 is 5.32 Å². The third-order valence-corrected chi connectivity index (χ3v) is 3.77. The maximum absolute atomic E-state index is 12.1. The molecular weight excluding hydrogens is 328 g/mol. The van der Waals surface area contributed by atoms with Gasteiger partial charge < -0.3 is 5.32 Å². The monoisotopic (exact) mass is 338 g/mol. The van der Waals surface area contributed by atoms with E-state index in [-0.39, 0.29) is 5.91 Å². The van der Waals surface area contributed by atoms with Crippen LogP contribution >= 0.6 is 27.5 Å². The lowest BCUT2D eigenvalue weighted by atomic mass is 10.1. The second-order valence-electron chi connectivity index (χ2n) is 4.25. The lowest BCUT2D eigenvalue weighted by Crippen LogP contribution is -2.13. The van der Waals surface area contributed by atoms with E-state index in [1.807, 2.05) is 19.9 Å². The standard InChI is InChI=1S/C14H12BrClN2O/c1-8-5-10(16)3-4-12(8)14(19)18-11-6-9(2)13(15)17-7-11/h3-7H,1-2H3,(H,18,19). The molecule has 0 spiro atoms. The summed E-state index contributed by atoms with van der Waals surface area (Å²) in [6.07, 6.45) is 1.61. The minimum Gasteiger partial charge on any atom is -0.321 e. The van der Waals surface area contributed by atoms with E-state index in [0.717, 1.165) is 15.7 Å². The molecule has 5 heteroatoms. The van der Waals surface area contributed by atoms with Gasteiger partial charge in [-0.05, 0) is 65.2 Å². The number of carbonyl (C=O) groups is 1. The van der Waals surface area contributed by atoms with E-state index in [1.165, 1.54) is 0 Å². The van der Waals surface area contributed by atoms with Crippen molar-refractivity contribution in [3.63, 3.8) is 0 Å². The molecule has 1 amide bonds. The van der Waals surface area contributed by atoms with E-state index >= 15 is 0 Å². The van der Waals surface area contributed by atoms with Crippen molar-refractivity contribution in [3.8, 4) is 0 Å². The maximum Gasteiger partial charge on any atom is 0.255 e. The van der Waals surface area contributed by atoms with Crippen LogP contribution in [0.5, 0.6) is 0 Å². The van der Waals surface area contributed by atoms with Gasteiger partial charge in [0, 0.05) is 10.6 Å². The van der Waals surface area contributed by atoms with Gasteiger partial charge in [-0.2, -0.15) is 0 Å². The molecule has 0 unspecified atom stereocenters. The average molecular weight is 340 g/mol. The van der Waals surface area contributed by atoms with Gasteiger partial charge in [0.15, 0.2) is 0 Å². The van der Waals surface area contributed by atoms with Gasteiger partial charge >= 0.3 is 0 Å². The molecule has 0 aliphatic rings. The molecule has 2 rings (SSSR count). The minimum absolute atomic E-state index is 0.169. The lowest BCUT2D eigenvalue weighted by molar-refractivity contribution is 0.102. The van der Waals surface area contributed by atoms with E-state index in [9.17, 15) is 4.79 Å². The third-order valence-electron chi connectivity index (χ3n) is 2.71. The average Bonchev–Trinajstić information content (AvgIpc) is 2.33. The number of halogens is 2. The van der Waals surface area contributed by atoms with Crippen LogP contribution in [0.3, 0.4) is 0 Å². The van der Waals surface area contributed by atoms with Gasteiger partial charge in [-0.1, -0.05) is 11.6 Å². The van der Waals surface area contributed by atoms with Crippen LogP contribution in [0.4, 0.5) is 5.69 Å². The van der Waals surface area contributed by atoms with Gasteiger partial charge in [0.05, 0.1) is 11.9 Å². The Morgan fingerprint density at radius 2 is 2.00 bits per heavy atom. The number of aromatic nitrogens is 1. The number of carbonyl (C=O) groups excluding carboxylic acids is 1. The molecule has 2 aromatic rings. The van der Waals surface area contributed by atoms with Crippen LogP contribution in [0.1, 0.15) is 21.5 Å². The molecule has 0 fully saturated rings. The van der Waals surface area contributed by atoms with Crippen molar-refractivity contribution < 1.29 is 4.79 Å². The molecule has 0 saturated heterocycles. The second-order valence-corrected chi connectivity index (χ2v) is 5.43. The van der Waals surface area contributed by atoms with Gasteiger partial charge in [0.2, 0.25) is 0 Å². The van der Waals surface area contributed by atoms with Crippen molar-refractivity contribution in [2.75, 3.05) is 5.32 Å². The SMILES string of the molecule is Cc1cc(Cl)ccc1C(=O)Nc1cnc(Br)c(C)c1. The number of pyridine rings is 1. The van der Waals surface area contributed by atoms with Crippen LogP contribution in [0, 0.1) is 13.8 Å². The summed E-state index contributed by atoms with van der Waals surface area (Å²) in [6.45, 7) is 3.77. The van der Waals surface area contributed by atoms with Gasteiger partial charge in [0.25, 0.3) is 5.91 Å². The van der Waals surface area contributed by atoms with Crippen molar-refractivity contribution in [1.82, 2.24) is 4.98 Å². The summed E-state index contributed by atoms with van der Waals surface area (Å²) < 4.78 is 0.771. The molecule has 1 heterocycles. The number of hydrogen-bond donors (Lipinski definition) is 1. The quantitative estimate of drug-likeness (QED) is 0.826. The predicted molar refractivity (Wildman–Crippen MR) is 80.8 cm³/mol. The van der Waals surface area contributed by atoms with Crippen LogP contribution in [-0.4, -0.2) is 10.9 Å². The summed E-state index contributed by atoms with van der Waals surface area (Å²) in [6, 6.07) is 7.04. The molecule has 1 aromatic heterocycles.